The lowest BCUT2D eigenvalue weighted by Gasteiger charge is -2.00. The highest BCUT2D eigenvalue weighted by Gasteiger charge is 2.13. The predicted molar refractivity (Wildman–Crippen MR) is 74.9 cm³/mol. The third-order valence-corrected chi connectivity index (χ3v) is 2.68. The largest absolute Gasteiger partial charge is 0.455 e. The number of carbonyl (C=O) groups is 1. The Balaban J connectivity index is 2.25. The van der Waals surface area contributed by atoms with Gasteiger partial charge in [-0.1, -0.05) is 17.3 Å². The van der Waals surface area contributed by atoms with E-state index in [2.05, 4.69) is 9.99 Å². The summed E-state index contributed by atoms with van der Waals surface area (Å²) in [6.07, 6.45) is 1.24. The van der Waals surface area contributed by atoms with Gasteiger partial charge in [-0.15, -0.1) is 0 Å². The van der Waals surface area contributed by atoms with E-state index < -0.39 is 10.9 Å². The molecule has 0 N–H and O–H groups in total. The van der Waals surface area contributed by atoms with Crippen molar-refractivity contribution in [3.05, 3.63) is 51.8 Å². The molecule has 21 heavy (non-hydrogen) atoms. The molecule has 0 saturated heterocycles. The highest BCUT2D eigenvalue weighted by Crippen LogP contribution is 2.27. The van der Waals surface area contributed by atoms with Crippen molar-refractivity contribution in [2.24, 2.45) is 5.16 Å². The third kappa shape index (κ3) is 3.53. The van der Waals surface area contributed by atoms with Crippen molar-refractivity contribution in [1.82, 2.24) is 0 Å². The van der Waals surface area contributed by atoms with Gasteiger partial charge in [0.2, 0.25) is 0 Å². The molecule has 7 nitrogen and oxygen atoms in total. The van der Waals surface area contributed by atoms with E-state index in [1.165, 1.54) is 19.2 Å². The zero-order chi connectivity index (χ0) is 15.4. The Morgan fingerprint density at radius 2 is 2.14 bits per heavy atom. The van der Waals surface area contributed by atoms with Crippen LogP contribution in [0.5, 0.6) is 0 Å². The number of carbonyl (C=O) groups excluding carboxylic acids is 1. The maximum Gasteiger partial charge on any atom is 0.331 e. The van der Waals surface area contributed by atoms with Crippen molar-refractivity contribution < 1.29 is 19.0 Å². The summed E-state index contributed by atoms with van der Waals surface area (Å²) >= 11 is 0. The standard InChI is InChI=1S/C14H12N2O5/c1-9-3-4-11(7-13(9)16(18)19)14-6-5-12(20-14)8-15-21-10(2)17/h3-8H,1-2H3/b15-8-. The van der Waals surface area contributed by atoms with Gasteiger partial charge in [-0.25, -0.2) is 4.79 Å². The average Bonchev–Trinajstić information content (AvgIpc) is 2.87. The van der Waals surface area contributed by atoms with Crippen molar-refractivity contribution in [3.8, 4) is 11.3 Å². The molecule has 0 saturated carbocycles. The van der Waals surface area contributed by atoms with E-state index in [0.717, 1.165) is 0 Å². The van der Waals surface area contributed by atoms with E-state index in [-0.39, 0.29) is 5.69 Å². The summed E-state index contributed by atoms with van der Waals surface area (Å²) in [5.74, 6) is 0.295. The first-order valence-electron chi connectivity index (χ1n) is 6.03. The molecule has 2 aromatic rings. The summed E-state index contributed by atoms with van der Waals surface area (Å²) in [6.45, 7) is 2.90. The number of nitrogens with zero attached hydrogens (tertiary/aromatic N) is 2. The molecule has 0 aliphatic carbocycles. The average molecular weight is 288 g/mol. The molecule has 1 heterocycles. The van der Waals surface area contributed by atoms with Gasteiger partial charge in [-0.2, -0.15) is 0 Å². The molecule has 0 amide bonds. The van der Waals surface area contributed by atoms with Gasteiger partial charge in [0.05, 0.1) is 4.92 Å². The smallest absolute Gasteiger partial charge is 0.331 e. The second-order valence-corrected chi connectivity index (χ2v) is 4.28. The van der Waals surface area contributed by atoms with E-state index in [9.17, 15) is 14.9 Å². The molecule has 1 aromatic heterocycles. The lowest BCUT2D eigenvalue weighted by Crippen LogP contribution is -1.91. The minimum atomic E-state index is -0.535. The molecule has 0 aliphatic rings. The van der Waals surface area contributed by atoms with E-state index in [0.29, 0.717) is 22.6 Å². The van der Waals surface area contributed by atoms with Crippen molar-refractivity contribution in [2.45, 2.75) is 13.8 Å². The zero-order valence-electron chi connectivity index (χ0n) is 11.4. The number of nitro groups is 1. The van der Waals surface area contributed by atoms with Gasteiger partial charge in [0.25, 0.3) is 5.69 Å². The molecule has 108 valence electrons. The molecule has 0 radical (unpaired) electrons. The fourth-order valence-electron chi connectivity index (χ4n) is 1.69. The zero-order valence-corrected chi connectivity index (χ0v) is 11.4. The number of hydrogen-bond acceptors (Lipinski definition) is 6. The Morgan fingerprint density at radius 1 is 1.38 bits per heavy atom. The first kappa shape index (κ1) is 14.4. The summed E-state index contributed by atoms with van der Waals surface area (Å²) in [7, 11) is 0. The van der Waals surface area contributed by atoms with E-state index in [1.807, 2.05) is 0 Å². The molecule has 0 aliphatic heterocycles. The monoisotopic (exact) mass is 288 g/mol. The molecule has 0 atom stereocenters. The Labute approximate surface area is 120 Å². The van der Waals surface area contributed by atoms with Crippen molar-refractivity contribution >= 4 is 17.9 Å². The molecular weight excluding hydrogens is 276 g/mol. The van der Waals surface area contributed by atoms with Gasteiger partial charge in [-0.05, 0) is 19.1 Å². The van der Waals surface area contributed by atoms with Crippen LogP contribution in [0.1, 0.15) is 18.2 Å². The number of hydrogen-bond donors (Lipinski definition) is 0. The van der Waals surface area contributed by atoms with Crippen LogP contribution in [0.15, 0.2) is 39.9 Å². The quantitative estimate of drug-likeness (QED) is 0.373. The maximum atomic E-state index is 10.9. The fourth-order valence-corrected chi connectivity index (χ4v) is 1.69. The van der Waals surface area contributed by atoms with Crippen molar-refractivity contribution in [1.29, 1.82) is 0 Å². The van der Waals surface area contributed by atoms with Crippen LogP contribution in [0, 0.1) is 17.0 Å². The Kier molecular flexibility index (Phi) is 4.13. The minimum absolute atomic E-state index is 0.0269. The molecule has 0 fully saturated rings. The van der Waals surface area contributed by atoms with Crippen LogP contribution in [0.3, 0.4) is 0 Å². The molecule has 0 spiro atoms. The number of aryl methyl sites for hydroxylation is 1. The molecule has 0 bridgehead atoms. The third-order valence-electron chi connectivity index (χ3n) is 2.68. The highest BCUT2D eigenvalue weighted by molar-refractivity contribution is 5.78. The number of oxime groups is 1. The summed E-state index contributed by atoms with van der Waals surface area (Å²) in [5, 5.41) is 14.4. The molecule has 7 heteroatoms. The fraction of sp³-hybridized carbons (Fsp3) is 0.143. The molecule has 0 unspecified atom stereocenters. The lowest BCUT2D eigenvalue weighted by atomic mass is 10.1. The summed E-state index contributed by atoms with van der Waals surface area (Å²) in [6, 6.07) is 8.11. The molecule has 2 rings (SSSR count). The van der Waals surface area contributed by atoms with Crippen LogP contribution in [-0.2, 0) is 9.63 Å². The van der Waals surface area contributed by atoms with E-state index in [1.54, 1.807) is 31.2 Å². The summed E-state index contributed by atoms with van der Waals surface area (Å²) in [5.41, 5.74) is 1.19. The first-order chi connectivity index (χ1) is 9.97. The van der Waals surface area contributed by atoms with Gasteiger partial charge in [0.1, 0.15) is 17.7 Å². The van der Waals surface area contributed by atoms with Crippen LogP contribution in [0.25, 0.3) is 11.3 Å². The van der Waals surface area contributed by atoms with Crippen LogP contribution >= 0.6 is 0 Å². The number of rotatable bonds is 4. The summed E-state index contributed by atoms with van der Waals surface area (Å²) in [4.78, 5) is 25.5. The molecule has 1 aromatic carbocycles. The number of benzene rings is 1. The number of furan rings is 1. The van der Waals surface area contributed by atoms with Gasteiger partial charge < -0.3 is 9.25 Å². The number of nitro benzene ring substituents is 1. The van der Waals surface area contributed by atoms with Crippen LogP contribution < -0.4 is 0 Å². The second-order valence-electron chi connectivity index (χ2n) is 4.28. The Bertz CT molecular complexity index is 718. The van der Waals surface area contributed by atoms with Crippen molar-refractivity contribution in [2.75, 3.05) is 0 Å². The van der Waals surface area contributed by atoms with Crippen LogP contribution in [0.4, 0.5) is 5.69 Å². The summed E-state index contributed by atoms with van der Waals surface area (Å²) < 4.78 is 5.46. The highest BCUT2D eigenvalue weighted by atomic mass is 16.7. The van der Waals surface area contributed by atoms with E-state index in [4.69, 9.17) is 4.42 Å². The minimum Gasteiger partial charge on any atom is -0.455 e. The topological polar surface area (TPSA) is 94.9 Å². The van der Waals surface area contributed by atoms with Crippen LogP contribution in [0.2, 0.25) is 0 Å². The normalized spacial score (nSPS) is 10.8. The van der Waals surface area contributed by atoms with Crippen molar-refractivity contribution in [3.63, 3.8) is 0 Å². The SMILES string of the molecule is CC(=O)O/N=C\c1ccc(-c2ccc(C)c([N+](=O)[O-])c2)o1. The van der Waals surface area contributed by atoms with Gasteiger partial charge in [0, 0.05) is 24.1 Å². The second kappa shape index (κ2) is 6.00. The maximum absolute atomic E-state index is 10.9. The first-order valence-corrected chi connectivity index (χ1v) is 6.03. The van der Waals surface area contributed by atoms with Gasteiger partial charge >= 0.3 is 5.97 Å². The van der Waals surface area contributed by atoms with Gasteiger partial charge in [-0.3, -0.25) is 10.1 Å². The molecular formula is C14H12N2O5. The van der Waals surface area contributed by atoms with Crippen LogP contribution in [-0.4, -0.2) is 17.1 Å². The van der Waals surface area contributed by atoms with E-state index >= 15 is 0 Å². The Hall–Kier alpha value is -2.96. The Morgan fingerprint density at radius 3 is 2.81 bits per heavy atom. The predicted octanol–water partition coefficient (Wildman–Crippen LogP) is 3.06. The lowest BCUT2D eigenvalue weighted by molar-refractivity contribution is -0.385. The van der Waals surface area contributed by atoms with Gasteiger partial charge in [0.15, 0.2) is 0 Å².